The standard InChI is InChI=1S/C18H25N3O.2C17H23N3O.2C16H23N3O2S/c1-14(22)21-10-8-18(9-11-21,13-20(2)3)16-12-19-17-7-5-4-6-15(16)17;1-13(21)20-9-7-17(8-10-20,12-18-2)15-11-19-16-6-4-3-5-14(15)16;1-12(21)20-8-7-13(9-14(20)10-18-2)16-11-19-17-6-4-3-5-15(16)17;1-17-12-16(7-9-19(10-8-16)22(2,20)21)14-11-18-15-6-4-3-5-13(14)15;1-17-10-13-9-12(7-8-19(13)22(2,20)21)15-11-18-16-6-4-3-5-14(15)16/h4-7,12,19H,8-11,13H2,1-3H3;3-6,11,18-19H,7-10,12H2,1-2H3;3-6,11,13-14,18-19H,7-10H2,1-2H3;3-6,11,17-18H,7-10,12H2,1-2H3;3-6,11-13,17-18H,7-10H2,1-2H3. The van der Waals surface area contributed by atoms with E-state index in [-0.39, 0.29) is 40.0 Å². The Morgan fingerprint density at radius 2 is 0.769 bits per heavy atom. The molecule has 15 rings (SSSR count). The summed E-state index contributed by atoms with van der Waals surface area (Å²) < 4.78 is 50.7. The maximum Gasteiger partial charge on any atom is 0.219 e. The number of piperidine rings is 5. The summed E-state index contributed by atoms with van der Waals surface area (Å²) in [6, 6.07) is 42.3. The summed E-state index contributed by atoms with van der Waals surface area (Å²) in [5.74, 6) is 1.49. The molecule has 3 amide bonds. The lowest BCUT2D eigenvalue weighted by atomic mass is 9.72. The molecule has 5 aliphatic rings. The van der Waals surface area contributed by atoms with Crippen molar-refractivity contribution in [2.75, 3.05) is 140 Å². The summed E-state index contributed by atoms with van der Waals surface area (Å²) in [4.78, 5) is 60.1. The minimum absolute atomic E-state index is 0.0183. The molecule has 22 nitrogen and oxygen atoms in total. The molecule has 5 fully saturated rings. The SMILES string of the molecule is CC(=O)N1CCC(CN(C)C)(c2c[nH]c3ccccc23)CC1.CNCC1(c2c[nH]c3ccccc23)CCN(C(C)=O)CC1.CNCC1(c2c[nH]c3ccccc23)CCN(S(C)(=O)=O)CC1.CNCC1CC(c2c[nH]c3ccccc23)CCN1C(C)=O.CNCC1CC(c2c[nH]c3ccccc23)CCN1S(C)(=O)=O. The predicted octanol–water partition coefficient (Wildman–Crippen LogP) is 10.9. The Kier molecular flexibility index (Phi) is 26.7. The van der Waals surface area contributed by atoms with Crippen LogP contribution in [-0.4, -0.2) is 240 Å². The molecular formula is C84H117N15O7S2. The van der Waals surface area contributed by atoms with E-state index in [0.29, 0.717) is 44.1 Å². The predicted molar refractivity (Wildman–Crippen MR) is 440 cm³/mol. The summed E-state index contributed by atoms with van der Waals surface area (Å²) in [6.45, 7) is 15.4. The second-order valence-corrected chi connectivity index (χ2v) is 35.0. The third-order valence-electron chi connectivity index (χ3n) is 23.8. The number of sulfonamides is 2. The Morgan fingerprint density at radius 3 is 1.14 bits per heavy atom. The molecule has 5 aromatic heterocycles. The number of likely N-dealkylation sites (N-methyl/N-ethyl adjacent to an activating group) is 5. The van der Waals surface area contributed by atoms with E-state index >= 15 is 0 Å². The molecule has 5 saturated heterocycles. The summed E-state index contributed by atoms with van der Waals surface area (Å²) in [5, 5.41) is 19.5. The van der Waals surface area contributed by atoms with E-state index in [2.05, 4.69) is 205 Å². The van der Waals surface area contributed by atoms with Crippen molar-refractivity contribution in [1.29, 1.82) is 0 Å². The molecule has 10 aromatic rings. The number of amides is 3. The Morgan fingerprint density at radius 1 is 0.426 bits per heavy atom. The van der Waals surface area contributed by atoms with Crippen LogP contribution in [0.2, 0.25) is 0 Å². The molecule has 0 bridgehead atoms. The lowest BCUT2D eigenvalue weighted by Gasteiger charge is -2.43. The van der Waals surface area contributed by atoms with Crippen molar-refractivity contribution in [2.24, 2.45) is 0 Å². The van der Waals surface area contributed by atoms with Crippen molar-refractivity contribution in [2.45, 2.75) is 125 Å². The Balaban J connectivity index is 0.000000134. The summed E-state index contributed by atoms with van der Waals surface area (Å²) in [5.41, 5.74) is 12.9. The van der Waals surface area contributed by atoms with Gasteiger partial charge in [0, 0.05) is 220 Å². The van der Waals surface area contributed by atoms with Crippen molar-refractivity contribution in [3.63, 3.8) is 0 Å². The lowest BCUT2D eigenvalue weighted by molar-refractivity contribution is -0.133. The van der Waals surface area contributed by atoms with Gasteiger partial charge in [0.05, 0.1) is 12.5 Å². The maximum absolute atomic E-state index is 12.0. The van der Waals surface area contributed by atoms with Crippen LogP contribution >= 0.6 is 0 Å². The van der Waals surface area contributed by atoms with Crippen molar-refractivity contribution in [3.8, 4) is 0 Å². The first-order chi connectivity index (χ1) is 51.8. The van der Waals surface area contributed by atoms with Crippen LogP contribution in [0.5, 0.6) is 0 Å². The molecule has 0 spiro atoms. The topological polar surface area (TPSA) is 266 Å². The van der Waals surface area contributed by atoms with E-state index in [9.17, 15) is 31.2 Å². The van der Waals surface area contributed by atoms with Crippen LogP contribution in [-0.2, 0) is 50.7 Å². The molecule has 24 heteroatoms. The van der Waals surface area contributed by atoms with E-state index in [4.69, 9.17) is 0 Å². The first-order valence-electron chi connectivity index (χ1n) is 38.6. The summed E-state index contributed by atoms with van der Waals surface area (Å²) >= 11 is 0. The van der Waals surface area contributed by atoms with Gasteiger partial charge in [-0.1, -0.05) is 91.0 Å². The summed E-state index contributed by atoms with van der Waals surface area (Å²) in [7, 11) is 5.81. The number of aromatic nitrogens is 5. The monoisotopic (exact) mass is 1510 g/mol. The fraction of sp³-hybridized carbons (Fsp3) is 0.488. The number of nitrogens with zero attached hydrogens (tertiary/aromatic N) is 6. The van der Waals surface area contributed by atoms with Gasteiger partial charge in [-0.15, -0.1) is 0 Å². The molecule has 10 heterocycles. The molecule has 5 aliphatic heterocycles. The van der Waals surface area contributed by atoms with Crippen LogP contribution in [0.4, 0.5) is 0 Å². The molecule has 4 atom stereocenters. The third kappa shape index (κ3) is 18.5. The number of benzene rings is 5. The highest BCUT2D eigenvalue weighted by Gasteiger charge is 2.43. The van der Waals surface area contributed by atoms with Crippen LogP contribution in [0.3, 0.4) is 0 Å². The van der Waals surface area contributed by atoms with Crippen LogP contribution in [0.25, 0.3) is 54.5 Å². The van der Waals surface area contributed by atoms with Gasteiger partial charge >= 0.3 is 0 Å². The first-order valence-corrected chi connectivity index (χ1v) is 42.3. The van der Waals surface area contributed by atoms with Crippen LogP contribution in [0, 0.1) is 0 Å². The van der Waals surface area contributed by atoms with Crippen molar-refractivity contribution in [1.82, 2.24) is 74.4 Å². The quantitative estimate of drug-likeness (QED) is 0.0412. The van der Waals surface area contributed by atoms with Gasteiger partial charge in [0.2, 0.25) is 37.8 Å². The third-order valence-corrected chi connectivity index (χ3v) is 26.5. The van der Waals surface area contributed by atoms with Gasteiger partial charge in [-0.25, -0.2) is 21.1 Å². The van der Waals surface area contributed by atoms with Gasteiger partial charge in [-0.3, -0.25) is 14.4 Å². The zero-order valence-electron chi connectivity index (χ0n) is 65.4. The second-order valence-electron chi connectivity index (χ2n) is 31.1. The Labute approximate surface area is 639 Å². The van der Waals surface area contributed by atoms with Crippen molar-refractivity contribution >= 4 is 92.3 Å². The highest BCUT2D eigenvalue weighted by atomic mass is 32.2. The number of rotatable bonds is 17. The zero-order valence-corrected chi connectivity index (χ0v) is 67.0. The van der Waals surface area contributed by atoms with E-state index in [0.717, 1.165) is 134 Å². The van der Waals surface area contributed by atoms with Gasteiger partial charge in [0.15, 0.2) is 0 Å². The number of fused-ring (bicyclic) bond motifs is 5. The Bertz CT molecular complexity index is 4860. The van der Waals surface area contributed by atoms with E-state index in [1.165, 1.54) is 83.8 Å². The fourth-order valence-electron chi connectivity index (χ4n) is 18.4. The smallest absolute Gasteiger partial charge is 0.219 e. The lowest BCUT2D eigenvalue weighted by Crippen LogP contribution is -2.49. The molecule has 0 saturated carbocycles. The number of H-pyrrole nitrogens is 5. The van der Waals surface area contributed by atoms with Gasteiger partial charge < -0.3 is 65.8 Å². The molecule has 9 N–H and O–H groups in total. The highest BCUT2D eigenvalue weighted by molar-refractivity contribution is 7.88. The number of para-hydroxylation sites is 5. The Hall–Kier alpha value is -8.17. The average molecular weight is 1510 g/mol. The fourth-order valence-corrected chi connectivity index (χ4v) is 20.3. The van der Waals surface area contributed by atoms with Gasteiger partial charge in [0.25, 0.3) is 0 Å². The molecule has 108 heavy (non-hydrogen) atoms. The second kappa shape index (κ2) is 35.7. The molecular weight excluding hydrogens is 1400 g/mol. The number of hydrogen-bond donors (Lipinski definition) is 9. The van der Waals surface area contributed by atoms with Gasteiger partial charge in [0.1, 0.15) is 0 Å². The molecule has 582 valence electrons. The van der Waals surface area contributed by atoms with E-state index in [1.54, 1.807) is 29.4 Å². The maximum atomic E-state index is 12.0. The number of aromatic amines is 5. The molecule has 4 unspecified atom stereocenters. The number of hydrogen-bond acceptors (Lipinski definition) is 12. The number of carbonyl (C=O) groups is 3. The largest absolute Gasteiger partial charge is 0.361 e. The van der Waals surface area contributed by atoms with E-state index in [1.807, 2.05) is 55.0 Å². The van der Waals surface area contributed by atoms with Gasteiger partial charge in [-0.2, -0.15) is 4.31 Å². The van der Waals surface area contributed by atoms with Gasteiger partial charge in [-0.05, 0) is 176 Å². The number of carbonyl (C=O) groups excluding carboxylic acids is 3. The van der Waals surface area contributed by atoms with Crippen LogP contribution in [0.1, 0.15) is 125 Å². The minimum Gasteiger partial charge on any atom is -0.361 e. The van der Waals surface area contributed by atoms with Crippen molar-refractivity contribution in [3.05, 3.63) is 180 Å². The molecule has 5 aromatic carbocycles. The molecule has 0 radical (unpaired) electrons. The minimum atomic E-state index is -3.15. The number of nitrogens with one attached hydrogen (secondary N) is 9. The number of likely N-dealkylation sites (tertiary alicyclic amines) is 3. The zero-order chi connectivity index (χ0) is 77.0. The first kappa shape index (κ1) is 80.8. The average Bonchev–Trinajstić information content (AvgIpc) is 1.56. The van der Waals surface area contributed by atoms with E-state index < -0.39 is 20.0 Å². The normalized spacial score (nSPS) is 20.5. The highest BCUT2D eigenvalue weighted by Crippen LogP contribution is 2.44. The molecule has 0 aliphatic carbocycles. The van der Waals surface area contributed by atoms with Crippen LogP contribution < -0.4 is 21.3 Å². The van der Waals surface area contributed by atoms with Crippen LogP contribution in [0.15, 0.2) is 152 Å². The summed E-state index contributed by atoms with van der Waals surface area (Å²) in [6.07, 6.45) is 22.8. The van der Waals surface area contributed by atoms with Crippen molar-refractivity contribution < 1.29 is 31.2 Å².